The number of piperazine rings is 1. The van der Waals surface area contributed by atoms with Crippen molar-refractivity contribution in [2.75, 3.05) is 31.5 Å². The fourth-order valence-electron chi connectivity index (χ4n) is 3.58. The van der Waals surface area contributed by atoms with Gasteiger partial charge in [-0.25, -0.2) is 18.1 Å². The van der Waals surface area contributed by atoms with Crippen LogP contribution in [0.15, 0.2) is 72.0 Å². The SMILES string of the molecule is O=C(CCC(=O)N1CCN(S(=O)(=O)c2ccccc2)CC1)Nc1cccnc1-n1cccn1. The third-order valence-corrected chi connectivity index (χ3v) is 7.23. The minimum atomic E-state index is -3.58. The fourth-order valence-corrected chi connectivity index (χ4v) is 5.03. The number of carbonyl (C=O) groups excluding carboxylic acids is 2. The van der Waals surface area contributed by atoms with Gasteiger partial charge in [-0.2, -0.15) is 9.40 Å². The molecule has 1 N–H and O–H groups in total. The van der Waals surface area contributed by atoms with Gasteiger partial charge >= 0.3 is 0 Å². The summed E-state index contributed by atoms with van der Waals surface area (Å²) >= 11 is 0. The summed E-state index contributed by atoms with van der Waals surface area (Å²) in [6.07, 6.45) is 4.99. The monoisotopic (exact) mass is 468 g/mol. The lowest BCUT2D eigenvalue weighted by Gasteiger charge is -2.34. The first-order valence-electron chi connectivity index (χ1n) is 10.5. The molecule has 0 atom stereocenters. The van der Waals surface area contributed by atoms with Crippen molar-refractivity contribution in [3.63, 3.8) is 0 Å². The summed E-state index contributed by atoms with van der Waals surface area (Å²) in [5.74, 6) is -0.00614. The van der Waals surface area contributed by atoms with Crippen molar-refractivity contribution >= 4 is 27.5 Å². The van der Waals surface area contributed by atoms with Gasteiger partial charge in [0, 0.05) is 57.6 Å². The normalized spacial score (nSPS) is 14.7. The van der Waals surface area contributed by atoms with Crippen LogP contribution in [0.4, 0.5) is 5.69 Å². The number of sulfonamides is 1. The molecule has 0 radical (unpaired) electrons. The zero-order chi connectivity index (χ0) is 23.3. The Kier molecular flexibility index (Phi) is 6.80. The first kappa shape index (κ1) is 22.6. The highest BCUT2D eigenvalue weighted by molar-refractivity contribution is 7.89. The molecule has 0 aliphatic carbocycles. The number of rotatable bonds is 7. The van der Waals surface area contributed by atoms with E-state index in [1.165, 1.54) is 4.31 Å². The van der Waals surface area contributed by atoms with E-state index < -0.39 is 10.0 Å². The zero-order valence-corrected chi connectivity index (χ0v) is 18.7. The van der Waals surface area contributed by atoms with Crippen LogP contribution in [0.2, 0.25) is 0 Å². The molecule has 4 rings (SSSR count). The van der Waals surface area contributed by atoms with Crippen molar-refractivity contribution in [1.82, 2.24) is 24.0 Å². The number of hydrogen-bond acceptors (Lipinski definition) is 6. The summed E-state index contributed by atoms with van der Waals surface area (Å²) in [6.45, 7) is 1.02. The van der Waals surface area contributed by atoms with Gasteiger partial charge in [0.2, 0.25) is 21.8 Å². The van der Waals surface area contributed by atoms with Crippen LogP contribution in [-0.2, 0) is 19.6 Å². The van der Waals surface area contributed by atoms with Gasteiger partial charge in [0.05, 0.1) is 10.6 Å². The molecular formula is C22H24N6O4S. The Labute approximate surface area is 191 Å². The van der Waals surface area contributed by atoms with Gasteiger partial charge in [0.1, 0.15) is 0 Å². The number of aromatic nitrogens is 3. The van der Waals surface area contributed by atoms with Crippen molar-refractivity contribution < 1.29 is 18.0 Å². The molecule has 1 fully saturated rings. The van der Waals surface area contributed by atoms with E-state index in [0.717, 1.165) is 0 Å². The summed E-state index contributed by atoms with van der Waals surface area (Å²) in [6, 6.07) is 13.4. The van der Waals surface area contributed by atoms with Gasteiger partial charge < -0.3 is 10.2 Å². The number of nitrogens with one attached hydrogen (secondary N) is 1. The fraction of sp³-hybridized carbons (Fsp3) is 0.273. The van der Waals surface area contributed by atoms with Crippen molar-refractivity contribution in [2.24, 2.45) is 0 Å². The molecule has 11 heteroatoms. The lowest BCUT2D eigenvalue weighted by Crippen LogP contribution is -2.50. The molecule has 1 aliphatic rings. The molecular weight excluding hydrogens is 444 g/mol. The number of amides is 2. The number of anilines is 1. The topological polar surface area (TPSA) is 118 Å². The van der Waals surface area contributed by atoms with Gasteiger partial charge in [-0.1, -0.05) is 18.2 Å². The van der Waals surface area contributed by atoms with Crippen LogP contribution in [0.1, 0.15) is 12.8 Å². The average molecular weight is 469 g/mol. The Morgan fingerprint density at radius 2 is 1.67 bits per heavy atom. The molecule has 0 saturated carbocycles. The maximum atomic E-state index is 12.7. The number of benzene rings is 1. The molecule has 2 amide bonds. The van der Waals surface area contributed by atoms with E-state index in [1.807, 2.05) is 0 Å². The van der Waals surface area contributed by atoms with Crippen LogP contribution in [0.25, 0.3) is 5.82 Å². The highest BCUT2D eigenvalue weighted by atomic mass is 32.2. The smallest absolute Gasteiger partial charge is 0.243 e. The lowest BCUT2D eigenvalue weighted by molar-refractivity contribution is -0.133. The summed E-state index contributed by atoms with van der Waals surface area (Å²) in [4.78, 5) is 31.1. The first-order valence-corrected chi connectivity index (χ1v) is 12.0. The summed E-state index contributed by atoms with van der Waals surface area (Å²) in [5, 5.41) is 6.91. The molecule has 1 aromatic carbocycles. The Hall–Kier alpha value is -3.57. The van der Waals surface area contributed by atoms with E-state index in [9.17, 15) is 18.0 Å². The Balaban J connectivity index is 1.28. The van der Waals surface area contributed by atoms with E-state index in [0.29, 0.717) is 24.6 Å². The van der Waals surface area contributed by atoms with Crippen LogP contribution in [0, 0.1) is 0 Å². The minimum absolute atomic E-state index is 0.00873. The second kappa shape index (κ2) is 9.92. The summed E-state index contributed by atoms with van der Waals surface area (Å²) in [7, 11) is -3.58. The van der Waals surface area contributed by atoms with Crippen LogP contribution < -0.4 is 5.32 Å². The van der Waals surface area contributed by atoms with Crippen LogP contribution in [-0.4, -0.2) is 70.4 Å². The molecule has 1 aliphatic heterocycles. The quantitative estimate of drug-likeness (QED) is 0.562. The number of carbonyl (C=O) groups is 2. The molecule has 33 heavy (non-hydrogen) atoms. The van der Waals surface area contributed by atoms with E-state index in [-0.39, 0.29) is 42.6 Å². The van der Waals surface area contributed by atoms with Crippen molar-refractivity contribution in [1.29, 1.82) is 0 Å². The zero-order valence-electron chi connectivity index (χ0n) is 17.9. The number of hydrogen-bond donors (Lipinski definition) is 1. The molecule has 3 aromatic rings. The van der Waals surface area contributed by atoms with Gasteiger partial charge in [-0.3, -0.25) is 9.59 Å². The lowest BCUT2D eigenvalue weighted by atomic mass is 10.2. The summed E-state index contributed by atoms with van der Waals surface area (Å²) < 4.78 is 28.4. The molecule has 172 valence electrons. The predicted octanol–water partition coefficient (Wildman–Crippen LogP) is 1.52. The minimum Gasteiger partial charge on any atom is -0.340 e. The van der Waals surface area contributed by atoms with Gasteiger partial charge in [-0.15, -0.1) is 0 Å². The molecule has 0 spiro atoms. The van der Waals surface area contributed by atoms with Gasteiger partial charge in [0.15, 0.2) is 5.82 Å². The molecule has 0 unspecified atom stereocenters. The second-order valence-corrected chi connectivity index (χ2v) is 9.41. The van der Waals surface area contributed by atoms with Crippen LogP contribution in [0.5, 0.6) is 0 Å². The molecule has 3 heterocycles. The van der Waals surface area contributed by atoms with Gasteiger partial charge in [0.25, 0.3) is 0 Å². The highest BCUT2D eigenvalue weighted by Gasteiger charge is 2.30. The predicted molar refractivity (Wildman–Crippen MR) is 121 cm³/mol. The maximum Gasteiger partial charge on any atom is 0.243 e. The average Bonchev–Trinajstić information content (AvgIpc) is 3.38. The Bertz CT molecular complexity index is 1210. The Morgan fingerprint density at radius 1 is 0.909 bits per heavy atom. The Morgan fingerprint density at radius 3 is 2.36 bits per heavy atom. The number of nitrogens with zero attached hydrogens (tertiary/aromatic N) is 5. The highest BCUT2D eigenvalue weighted by Crippen LogP contribution is 2.19. The van der Waals surface area contributed by atoms with Crippen molar-refractivity contribution in [3.8, 4) is 5.82 Å². The molecule has 1 saturated heterocycles. The van der Waals surface area contributed by atoms with E-state index in [4.69, 9.17) is 0 Å². The van der Waals surface area contributed by atoms with E-state index in [1.54, 1.807) is 76.7 Å². The summed E-state index contributed by atoms with van der Waals surface area (Å²) in [5.41, 5.74) is 0.499. The van der Waals surface area contributed by atoms with Crippen LogP contribution >= 0.6 is 0 Å². The van der Waals surface area contributed by atoms with E-state index in [2.05, 4.69) is 15.4 Å². The van der Waals surface area contributed by atoms with E-state index >= 15 is 0 Å². The molecule has 10 nitrogen and oxygen atoms in total. The van der Waals surface area contributed by atoms with Crippen molar-refractivity contribution in [2.45, 2.75) is 17.7 Å². The third-order valence-electron chi connectivity index (χ3n) is 5.32. The largest absolute Gasteiger partial charge is 0.340 e. The van der Waals surface area contributed by atoms with Crippen LogP contribution in [0.3, 0.4) is 0 Å². The molecule has 2 aromatic heterocycles. The standard InChI is InChI=1S/C22H24N6O4S/c29-20(25-19-8-4-11-23-22(19)28-13-5-12-24-28)9-10-21(30)26-14-16-27(17-15-26)33(31,32)18-6-2-1-3-7-18/h1-8,11-13H,9-10,14-17H2,(H,25,29). The third kappa shape index (κ3) is 5.26. The van der Waals surface area contributed by atoms with Gasteiger partial charge in [-0.05, 0) is 30.3 Å². The number of pyridine rings is 1. The first-order chi connectivity index (χ1) is 15.9. The maximum absolute atomic E-state index is 12.7. The second-order valence-electron chi connectivity index (χ2n) is 7.47. The van der Waals surface area contributed by atoms with Crippen molar-refractivity contribution in [3.05, 3.63) is 67.1 Å². The molecule has 0 bridgehead atoms.